The summed E-state index contributed by atoms with van der Waals surface area (Å²) in [6.07, 6.45) is 3.51. The van der Waals surface area contributed by atoms with E-state index >= 15 is 0 Å². The van der Waals surface area contributed by atoms with Gasteiger partial charge < -0.3 is 10.2 Å². The molecule has 1 N–H and O–H groups in total. The number of rotatable bonds is 6. The molecule has 0 radical (unpaired) electrons. The van der Waals surface area contributed by atoms with Crippen molar-refractivity contribution < 1.29 is 4.79 Å². The summed E-state index contributed by atoms with van der Waals surface area (Å²) in [5.41, 5.74) is 7.15. The normalized spacial score (nSPS) is 14.3. The monoisotopic (exact) mass is 465 g/mol. The molecule has 6 heteroatoms. The summed E-state index contributed by atoms with van der Waals surface area (Å²) in [6, 6.07) is 20.0. The van der Waals surface area contributed by atoms with E-state index in [4.69, 9.17) is 4.98 Å². The van der Waals surface area contributed by atoms with Crippen LogP contribution in [0.15, 0.2) is 73.1 Å². The number of nitrogens with zero attached hydrogens (tertiary/aromatic N) is 4. The van der Waals surface area contributed by atoms with Crippen LogP contribution < -0.4 is 10.2 Å². The van der Waals surface area contributed by atoms with E-state index in [1.165, 1.54) is 16.8 Å². The van der Waals surface area contributed by atoms with Gasteiger partial charge in [-0.2, -0.15) is 0 Å². The number of para-hydroxylation sites is 1. The maximum Gasteiger partial charge on any atom is 0.252 e. The van der Waals surface area contributed by atoms with Crippen LogP contribution in [0.5, 0.6) is 0 Å². The first-order valence-electron chi connectivity index (χ1n) is 12.2. The molecule has 0 aliphatic carbocycles. The lowest BCUT2D eigenvalue weighted by Crippen LogP contribution is -2.48. The zero-order chi connectivity index (χ0) is 24.2. The number of anilines is 1. The third kappa shape index (κ3) is 5.03. The van der Waals surface area contributed by atoms with Crippen molar-refractivity contribution in [1.82, 2.24) is 20.2 Å². The molecule has 1 saturated heterocycles. The summed E-state index contributed by atoms with van der Waals surface area (Å²) in [5, 5.41) is 4.00. The first-order chi connectivity index (χ1) is 17.1. The largest absolute Gasteiger partial charge is 0.369 e. The number of hydrogen-bond acceptors (Lipinski definition) is 5. The second-order valence-electron chi connectivity index (χ2n) is 9.12. The molecule has 0 saturated carbocycles. The van der Waals surface area contributed by atoms with Gasteiger partial charge in [0.15, 0.2) is 0 Å². The molecule has 178 valence electrons. The molecular weight excluding hydrogens is 434 g/mol. The van der Waals surface area contributed by atoms with Gasteiger partial charge in [-0.1, -0.05) is 30.3 Å². The Hall–Kier alpha value is -3.77. The number of hydrogen-bond donors (Lipinski definition) is 1. The van der Waals surface area contributed by atoms with E-state index < -0.39 is 0 Å². The number of benzene rings is 2. The quantitative estimate of drug-likeness (QED) is 0.455. The molecule has 5 rings (SSSR count). The summed E-state index contributed by atoms with van der Waals surface area (Å²) < 4.78 is 0. The van der Waals surface area contributed by atoms with Crippen molar-refractivity contribution in [2.75, 3.05) is 44.2 Å². The number of aromatic nitrogens is 2. The van der Waals surface area contributed by atoms with Gasteiger partial charge in [0, 0.05) is 68.3 Å². The predicted molar refractivity (Wildman–Crippen MR) is 142 cm³/mol. The first kappa shape index (κ1) is 23.0. The molecule has 4 aromatic rings. The van der Waals surface area contributed by atoms with Gasteiger partial charge in [-0.25, -0.2) is 4.98 Å². The molecule has 0 atom stereocenters. The predicted octanol–water partition coefficient (Wildman–Crippen LogP) is 4.47. The molecule has 1 aliphatic rings. The fourth-order valence-electron chi connectivity index (χ4n) is 4.74. The van der Waals surface area contributed by atoms with Gasteiger partial charge in [-0.05, 0) is 55.3 Å². The third-order valence-corrected chi connectivity index (χ3v) is 6.92. The number of aryl methyl sites for hydroxylation is 1. The Labute approximate surface area is 206 Å². The van der Waals surface area contributed by atoms with Gasteiger partial charge in [-0.15, -0.1) is 0 Å². The van der Waals surface area contributed by atoms with Gasteiger partial charge in [0.1, 0.15) is 0 Å². The van der Waals surface area contributed by atoms with Crippen molar-refractivity contribution in [3.8, 4) is 11.3 Å². The van der Waals surface area contributed by atoms with E-state index in [1.54, 1.807) is 12.4 Å². The van der Waals surface area contributed by atoms with Crippen molar-refractivity contribution in [1.29, 1.82) is 0 Å². The molecule has 0 bridgehead atoms. The minimum Gasteiger partial charge on any atom is -0.369 e. The van der Waals surface area contributed by atoms with Crippen LogP contribution >= 0.6 is 0 Å². The molecule has 2 aromatic carbocycles. The van der Waals surface area contributed by atoms with Crippen LogP contribution in [0.25, 0.3) is 22.2 Å². The van der Waals surface area contributed by atoms with Crippen molar-refractivity contribution >= 4 is 22.5 Å². The Morgan fingerprint density at radius 3 is 2.60 bits per heavy atom. The van der Waals surface area contributed by atoms with Crippen LogP contribution in [0.3, 0.4) is 0 Å². The maximum atomic E-state index is 13.2. The minimum absolute atomic E-state index is 0.0669. The number of carbonyl (C=O) groups is 1. The highest BCUT2D eigenvalue weighted by molar-refractivity contribution is 6.07. The zero-order valence-electron chi connectivity index (χ0n) is 20.4. The van der Waals surface area contributed by atoms with Crippen LogP contribution in [0.1, 0.15) is 21.5 Å². The molecule has 6 nitrogen and oxygen atoms in total. The van der Waals surface area contributed by atoms with E-state index in [2.05, 4.69) is 52.1 Å². The van der Waals surface area contributed by atoms with Crippen molar-refractivity contribution in [3.05, 3.63) is 89.7 Å². The molecule has 3 heterocycles. The number of piperazine rings is 1. The highest BCUT2D eigenvalue weighted by atomic mass is 16.1. The number of carbonyl (C=O) groups excluding carboxylic acids is 1. The second-order valence-corrected chi connectivity index (χ2v) is 9.12. The molecule has 1 aliphatic heterocycles. The first-order valence-corrected chi connectivity index (χ1v) is 12.2. The number of nitrogens with one attached hydrogen (secondary N) is 1. The summed E-state index contributed by atoms with van der Waals surface area (Å²) >= 11 is 0. The van der Waals surface area contributed by atoms with E-state index in [0.717, 1.165) is 54.9 Å². The van der Waals surface area contributed by atoms with Gasteiger partial charge in [0.25, 0.3) is 5.91 Å². The second kappa shape index (κ2) is 10.2. The van der Waals surface area contributed by atoms with Gasteiger partial charge in [0.05, 0.1) is 16.8 Å². The summed E-state index contributed by atoms with van der Waals surface area (Å²) in [7, 11) is 0. The van der Waals surface area contributed by atoms with Crippen LogP contribution in [0, 0.1) is 13.8 Å². The zero-order valence-corrected chi connectivity index (χ0v) is 20.4. The van der Waals surface area contributed by atoms with E-state index in [9.17, 15) is 4.79 Å². The van der Waals surface area contributed by atoms with Crippen LogP contribution in [0.4, 0.5) is 5.69 Å². The lowest BCUT2D eigenvalue weighted by Gasteiger charge is -2.37. The van der Waals surface area contributed by atoms with Gasteiger partial charge in [0.2, 0.25) is 0 Å². The number of amides is 1. The molecule has 1 amide bonds. The van der Waals surface area contributed by atoms with Crippen molar-refractivity contribution in [3.63, 3.8) is 0 Å². The maximum absolute atomic E-state index is 13.2. The Bertz CT molecular complexity index is 1330. The van der Waals surface area contributed by atoms with Gasteiger partial charge >= 0.3 is 0 Å². The Balaban J connectivity index is 1.22. The van der Waals surface area contributed by atoms with E-state index in [-0.39, 0.29) is 5.91 Å². The standard InChI is InChI=1S/C29H31N5O/c1-21-7-5-11-28(22(21)2)34-17-15-33(16-18-34)14-13-31-29(35)25-19-27(23-8-6-12-30-20-23)32-26-10-4-3-9-24(25)26/h3-12,19-20H,13-18H2,1-2H3,(H,31,35). The van der Waals surface area contributed by atoms with Crippen LogP contribution in [-0.2, 0) is 0 Å². The lowest BCUT2D eigenvalue weighted by atomic mass is 10.0. The van der Waals surface area contributed by atoms with E-state index in [1.807, 2.05) is 42.5 Å². The van der Waals surface area contributed by atoms with Crippen molar-refractivity contribution in [2.24, 2.45) is 0 Å². The summed E-state index contributed by atoms with van der Waals surface area (Å²) in [6.45, 7) is 9.81. The average Bonchev–Trinajstić information content (AvgIpc) is 2.90. The minimum atomic E-state index is -0.0669. The number of fused-ring (bicyclic) bond motifs is 1. The van der Waals surface area contributed by atoms with Crippen LogP contribution in [-0.4, -0.2) is 60.0 Å². The SMILES string of the molecule is Cc1cccc(N2CCN(CCNC(=O)c3cc(-c4cccnc4)nc4ccccc34)CC2)c1C. The molecule has 2 aromatic heterocycles. The molecule has 35 heavy (non-hydrogen) atoms. The molecule has 0 spiro atoms. The highest BCUT2D eigenvalue weighted by Gasteiger charge is 2.19. The topological polar surface area (TPSA) is 61.4 Å². The fourth-order valence-corrected chi connectivity index (χ4v) is 4.74. The molecule has 0 unspecified atom stereocenters. The highest BCUT2D eigenvalue weighted by Crippen LogP contribution is 2.25. The Morgan fingerprint density at radius 2 is 1.80 bits per heavy atom. The lowest BCUT2D eigenvalue weighted by molar-refractivity contribution is 0.0949. The summed E-state index contributed by atoms with van der Waals surface area (Å²) in [5.74, 6) is -0.0669. The van der Waals surface area contributed by atoms with Crippen LogP contribution in [0.2, 0.25) is 0 Å². The van der Waals surface area contributed by atoms with E-state index in [0.29, 0.717) is 12.1 Å². The smallest absolute Gasteiger partial charge is 0.252 e. The molecular formula is C29H31N5O. The Kier molecular flexibility index (Phi) is 6.73. The summed E-state index contributed by atoms with van der Waals surface area (Å²) in [4.78, 5) is 27.1. The number of pyridine rings is 2. The molecule has 1 fully saturated rings. The van der Waals surface area contributed by atoms with Gasteiger partial charge in [-0.3, -0.25) is 14.7 Å². The third-order valence-electron chi connectivity index (χ3n) is 6.92. The Morgan fingerprint density at radius 1 is 0.971 bits per heavy atom. The fraction of sp³-hybridized carbons (Fsp3) is 0.276. The van der Waals surface area contributed by atoms with Crippen molar-refractivity contribution in [2.45, 2.75) is 13.8 Å². The average molecular weight is 466 g/mol.